The molecule has 2 heterocycles. The van der Waals surface area contributed by atoms with Crippen LogP contribution in [0.3, 0.4) is 0 Å². The first-order chi connectivity index (χ1) is 11.7. The zero-order valence-electron chi connectivity index (χ0n) is 13.5. The number of furan rings is 1. The van der Waals surface area contributed by atoms with Gasteiger partial charge in [0.05, 0.1) is 16.1 Å². The summed E-state index contributed by atoms with van der Waals surface area (Å²) in [6.07, 6.45) is 9.10. The monoisotopic (exact) mass is 346 g/mol. The third kappa shape index (κ3) is 4.47. The molecule has 0 spiro atoms. The number of amides is 2. The fraction of sp³-hybridized carbons (Fsp3) is 0.444. The summed E-state index contributed by atoms with van der Waals surface area (Å²) in [6.45, 7) is 0.710. The van der Waals surface area contributed by atoms with Gasteiger partial charge in [0.2, 0.25) is 0 Å². The zero-order chi connectivity index (χ0) is 16.8. The van der Waals surface area contributed by atoms with Gasteiger partial charge in [0.1, 0.15) is 0 Å². The van der Waals surface area contributed by atoms with Crippen molar-refractivity contribution in [2.24, 2.45) is 5.92 Å². The Hall–Kier alpha value is -2.08. The summed E-state index contributed by atoms with van der Waals surface area (Å²) in [6, 6.07) is 6.72. The average molecular weight is 346 g/mol. The summed E-state index contributed by atoms with van der Waals surface area (Å²) < 4.78 is 5.04. The van der Waals surface area contributed by atoms with Crippen LogP contribution < -0.4 is 10.6 Å². The van der Waals surface area contributed by atoms with Crippen LogP contribution in [0.5, 0.6) is 0 Å². The molecule has 3 rings (SSSR count). The van der Waals surface area contributed by atoms with Gasteiger partial charge in [-0.2, -0.15) is 0 Å². The molecule has 1 saturated carbocycles. The molecule has 24 heavy (non-hydrogen) atoms. The molecule has 0 aliphatic heterocycles. The SMILES string of the molecule is O=C(Nc1ccc(C(=O)NCCCC2CCCC2)s1)c1ccco1. The highest BCUT2D eigenvalue weighted by atomic mass is 32.1. The molecule has 1 fully saturated rings. The summed E-state index contributed by atoms with van der Waals surface area (Å²) in [5.41, 5.74) is 0. The minimum atomic E-state index is -0.314. The first-order valence-electron chi connectivity index (χ1n) is 8.45. The fourth-order valence-electron chi connectivity index (χ4n) is 3.09. The van der Waals surface area contributed by atoms with E-state index in [9.17, 15) is 9.59 Å². The molecule has 2 aromatic rings. The lowest BCUT2D eigenvalue weighted by molar-refractivity contribution is 0.0955. The van der Waals surface area contributed by atoms with Crippen LogP contribution in [0.1, 0.15) is 58.8 Å². The van der Waals surface area contributed by atoms with Crippen molar-refractivity contribution >= 4 is 28.2 Å². The number of rotatable bonds is 7. The Morgan fingerprint density at radius 1 is 1.17 bits per heavy atom. The van der Waals surface area contributed by atoms with Crippen LogP contribution in [0.2, 0.25) is 0 Å². The third-order valence-corrected chi connectivity index (χ3v) is 5.36. The summed E-state index contributed by atoms with van der Waals surface area (Å²) in [7, 11) is 0. The van der Waals surface area contributed by atoms with Gasteiger partial charge in [-0.3, -0.25) is 9.59 Å². The van der Waals surface area contributed by atoms with Gasteiger partial charge in [-0.25, -0.2) is 0 Å². The molecule has 128 valence electrons. The van der Waals surface area contributed by atoms with Crippen LogP contribution in [-0.4, -0.2) is 18.4 Å². The number of carbonyl (C=O) groups excluding carboxylic acids is 2. The first-order valence-corrected chi connectivity index (χ1v) is 9.27. The van der Waals surface area contributed by atoms with E-state index in [1.807, 2.05) is 0 Å². The van der Waals surface area contributed by atoms with Crippen LogP contribution in [0.15, 0.2) is 34.9 Å². The number of carbonyl (C=O) groups is 2. The van der Waals surface area contributed by atoms with Crippen molar-refractivity contribution in [3.05, 3.63) is 41.2 Å². The van der Waals surface area contributed by atoms with Crippen molar-refractivity contribution in [2.75, 3.05) is 11.9 Å². The lowest BCUT2D eigenvalue weighted by Crippen LogP contribution is -2.23. The number of thiophene rings is 1. The number of hydrogen-bond acceptors (Lipinski definition) is 4. The van der Waals surface area contributed by atoms with Crippen molar-refractivity contribution in [2.45, 2.75) is 38.5 Å². The Morgan fingerprint density at radius 2 is 2.00 bits per heavy atom. The Kier molecular flexibility index (Phi) is 5.69. The molecule has 1 aliphatic rings. The second kappa shape index (κ2) is 8.15. The smallest absolute Gasteiger partial charge is 0.291 e. The van der Waals surface area contributed by atoms with Crippen LogP contribution in [0, 0.1) is 5.92 Å². The van der Waals surface area contributed by atoms with E-state index in [-0.39, 0.29) is 17.6 Å². The summed E-state index contributed by atoms with van der Waals surface area (Å²) in [4.78, 5) is 24.6. The van der Waals surface area contributed by atoms with Crippen LogP contribution in [-0.2, 0) is 0 Å². The minimum Gasteiger partial charge on any atom is -0.459 e. The minimum absolute atomic E-state index is 0.0788. The van der Waals surface area contributed by atoms with Gasteiger partial charge in [-0.15, -0.1) is 11.3 Å². The Morgan fingerprint density at radius 3 is 2.75 bits per heavy atom. The molecule has 2 aromatic heterocycles. The molecule has 0 radical (unpaired) electrons. The normalized spacial score (nSPS) is 14.7. The van der Waals surface area contributed by atoms with Gasteiger partial charge in [0.15, 0.2) is 5.76 Å². The molecule has 6 heteroatoms. The van der Waals surface area contributed by atoms with Crippen LogP contribution in [0.4, 0.5) is 5.00 Å². The molecule has 0 saturated heterocycles. The molecule has 2 amide bonds. The molecular weight excluding hydrogens is 324 g/mol. The second-order valence-corrected chi connectivity index (χ2v) is 7.23. The maximum atomic E-state index is 12.1. The van der Waals surface area contributed by atoms with E-state index in [4.69, 9.17) is 4.42 Å². The number of anilines is 1. The zero-order valence-corrected chi connectivity index (χ0v) is 14.4. The highest BCUT2D eigenvalue weighted by molar-refractivity contribution is 7.18. The van der Waals surface area contributed by atoms with E-state index >= 15 is 0 Å². The van der Waals surface area contributed by atoms with Crippen molar-refractivity contribution in [1.82, 2.24) is 5.32 Å². The molecule has 0 atom stereocenters. The van der Waals surface area contributed by atoms with E-state index in [1.54, 1.807) is 24.3 Å². The molecule has 5 nitrogen and oxygen atoms in total. The quantitative estimate of drug-likeness (QED) is 0.735. The fourth-order valence-corrected chi connectivity index (χ4v) is 3.90. The lowest BCUT2D eigenvalue weighted by Gasteiger charge is -2.08. The summed E-state index contributed by atoms with van der Waals surface area (Å²) in [5.74, 6) is 0.712. The van der Waals surface area contributed by atoms with E-state index < -0.39 is 0 Å². The van der Waals surface area contributed by atoms with Gasteiger partial charge >= 0.3 is 0 Å². The highest BCUT2D eigenvalue weighted by Crippen LogP contribution is 2.28. The maximum absolute atomic E-state index is 12.1. The van der Waals surface area contributed by atoms with Crippen molar-refractivity contribution < 1.29 is 14.0 Å². The standard InChI is InChI=1S/C18H22N2O3S/c21-17(14-8-4-12-23-14)20-16-10-9-15(24-16)18(22)19-11-3-7-13-5-1-2-6-13/h4,8-10,12-13H,1-3,5-7,11H2,(H,19,22)(H,20,21). The first kappa shape index (κ1) is 16.8. The van der Waals surface area contributed by atoms with E-state index in [1.165, 1.54) is 49.7 Å². The van der Waals surface area contributed by atoms with Crippen molar-refractivity contribution in [1.29, 1.82) is 0 Å². The summed E-state index contributed by atoms with van der Waals surface area (Å²) in [5, 5.41) is 6.32. The topological polar surface area (TPSA) is 71.3 Å². The van der Waals surface area contributed by atoms with Gasteiger partial charge in [0, 0.05) is 6.54 Å². The van der Waals surface area contributed by atoms with Crippen molar-refractivity contribution in [3.8, 4) is 0 Å². The molecular formula is C18H22N2O3S. The molecule has 2 N–H and O–H groups in total. The molecule has 0 bridgehead atoms. The van der Waals surface area contributed by atoms with Gasteiger partial charge in [-0.1, -0.05) is 25.7 Å². The average Bonchev–Trinajstić information content (AvgIpc) is 3.33. The van der Waals surface area contributed by atoms with Gasteiger partial charge in [0.25, 0.3) is 11.8 Å². The van der Waals surface area contributed by atoms with Crippen LogP contribution >= 0.6 is 11.3 Å². The van der Waals surface area contributed by atoms with Gasteiger partial charge < -0.3 is 15.1 Å². The number of hydrogen-bond donors (Lipinski definition) is 2. The predicted molar refractivity (Wildman–Crippen MR) is 94.5 cm³/mol. The molecule has 0 unspecified atom stereocenters. The highest BCUT2D eigenvalue weighted by Gasteiger charge is 2.15. The molecule has 1 aliphatic carbocycles. The molecule has 0 aromatic carbocycles. The largest absolute Gasteiger partial charge is 0.459 e. The van der Waals surface area contributed by atoms with Crippen LogP contribution in [0.25, 0.3) is 0 Å². The van der Waals surface area contributed by atoms with E-state index in [0.717, 1.165) is 12.3 Å². The third-order valence-electron chi connectivity index (χ3n) is 4.36. The van der Waals surface area contributed by atoms with E-state index in [2.05, 4.69) is 10.6 Å². The van der Waals surface area contributed by atoms with E-state index in [0.29, 0.717) is 16.4 Å². The Labute approximate surface area is 145 Å². The maximum Gasteiger partial charge on any atom is 0.291 e. The second-order valence-electron chi connectivity index (χ2n) is 6.14. The Balaban J connectivity index is 1.42. The summed E-state index contributed by atoms with van der Waals surface area (Å²) >= 11 is 1.26. The van der Waals surface area contributed by atoms with Gasteiger partial charge in [-0.05, 0) is 43.0 Å². The Bertz CT molecular complexity index is 672. The predicted octanol–water partition coefficient (Wildman–Crippen LogP) is 4.29. The number of nitrogens with one attached hydrogen (secondary N) is 2. The van der Waals surface area contributed by atoms with Crippen molar-refractivity contribution in [3.63, 3.8) is 0 Å². The lowest BCUT2D eigenvalue weighted by atomic mass is 10.0.